The highest BCUT2D eigenvalue weighted by atomic mass is 16.3. The van der Waals surface area contributed by atoms with Crippen molar-refractivity contribution in [2.24, 2.45) is 0 Å². The van der Waals surface area contributed by atoms with Crippen LogP contribution in [0.25, 0.3) is 0 Å². The first kappa shape index (κ1) is 19.4. The molecule has 28 heavy (non-hydrogen) atoms. The first-order chi connectivity index (χ1) is 13.1. The van der Waals surface area contributed by atoms with Crippen molar-refractivity contribution in [2.75, 3.05) is 0 Å². The maximum atomic E-state index is 10.5. The highest BCUT2D eigenvalue weighted by Gasteiger charge is 2.25. The van der Waals surface area contributed by atoms with Gasteiger partial charge in [0.2, 0.25) is 5.75 Å². The van der Waals surface area contributed by atoms with Crippen LogP contribution in [-0.2, 0) is 0 Å². The lowest BCUT2D eigenvalue weighted by Crippen LogP contribution is -2.06. The molecule has 3 rings (SSSR count). The third-order valence-corrected chi connectivity index (χ3v) is 5.17. The summed E-state index contributed by atoms with van der Waals surface area (Å²) in [7, 11) is 0. The summed E-state index contributed by atoms with van der Waals surface area (Å²) in [4.78, 5) is 0. The van der Waals surface area contributed by atoms with Gasteiger partial charge in [-0.15, -0.1) is 0 Å². The Bertz CT molecular complexity index is 965. The smallest absolute Gasteiger partial charge is 0.200 e. The van der Waals surface area contributed by atoms with Gasteiger partial charge < -0.3 is 25.5 Å². The Morgan fingerprint density at radius 1 is 0.536 bits per heavy atom. The number of hydrogen-bond acceptors (Lipinski definition) is 5. The van der Waals surface area contributed by atoms with Gasteiger partial charge in [0.25, 0.3) is 0 Å². The zero-order valence-corrected chi connectivity index (χ0v) is 16.3. The van der Waals surface area contributed by atoms with Crippen molar-refractivity contribution in [3.63, 3.8) is 0 Å². The number of aromatic hydroxyl groups is 5. The largest absolute Gasteiger partial charge is 0.507 e. The molecule has 5 N–H and O–H groups in total. The minimum Gasteiger partial charge on any atom is -0.507 e. The minimum absolute atomic E-state index is 0.207. The number of phenolic OH excluding ortho intramolecular Hbond substituents is 5. The van der Waals surface area contributed by atoms with Crippen LogP contribution in [0, 0.1) is 27.7 Å². The molecular formula is C23H24O5. The van der Waals surface area contributed by atoms with Crippen molar-refractivity contribution in [3.05, 3.63) is 75.3 Å². The van der Waals surface area contributed by atoms with Crippen LogP contribution < -0.4 is 0 Å². The van der Waals surface area contributed by atoms with Crippen LogP contribution >= 0.6 is 0 Å². The molecule has 0 bridgehead atoms. The minimum atomic E-state index is -0.582. The predicted octanol–water partition coefficient (Wildman–Crippen LogP) is 4.63. The molecule has 0 heterocycles. The lowest BCUT2D eigenvalue weighted by molar-refractivity contribution is 0.364. The monoisotopic (exact) mass is 380 g/mol. The quantitative estimate of drug-likeness (QED) is 0.337. The van der Waals surface area contributed by atoms with E-state index in [0.29, 0.717) is 27.8 Å². The van der Waals surface area contributed by atoms with Gasteiger partial charge in [0.15, 0.2) is 11.5 Å². The number of benzene rings is 3. The molecule has 0 saturated carbocycles. The van der Waals surface area contributed by atoms with Crippen LogP contribution in [-0.4, -0.2) is 25.5 Å². The first-order valence-electron chi connectivity index (χ1n) is 8.95. The van der Waals surface area contributed by atoms with Gasteiger partial charge in [0.1, 0.15) is 11.5 Å². The van der Waals surface area contributed by atoms with E-state index in [1.165, 1.54) is 6.07 Å². The average Bonchev–Trinajstić information content (AvgIpc) is 2.64. The average molecular weight is 380 g/mol. The molecule has 0 unspecified atom stereocenters. The van der Waals surface area contributed by atoms with Gasteiger partial charge in [0.05, 0.1) is 0 Å². The van der Waals surface area contributed by atoms with Gasteiger partial charge in [0, 0.05) is 11.5 Å². The summed E-state index contributed by atoms with van der Waals surface area (Å²) >= 11 is 0. The SMILES string of the molecule is Cc1cc(C(c2cc(C)c(O)c(C)c2)c2ccc(O)c(O)c2O)cc(C)c1O. The summed E-state index contributed by atoms with van der Waals surface area (Å²) in [5, 5.41) is 50.6. The Balaban J connectivity index is 2.34. The number of rotatable bonds is 3. The van der Waals surface area contributed by atoms with E-state index >= 15 is 0 Å². The molecular weight excluding hydrogens is 356 g/mol. The molecule has 0 aliphatic heterocycles. The molecule has 3 aromatic carbocycles. The Morgan fingerprint density at radius 2 is 0.929 bits per heavy atom. The summed E-state index contributed by atoms with van der Waals surface area (Å²) < 4.78 is 0. The topological polar surface area (TPSA) is 101 Å². The van der Waals surface area contributed by atoms with Gasteiger partial charge >= 0.3 is 0 Å². The second-order valence-corrected chi connectivity index (χ2v) is 7.31. The van der Waals surface area contributed by atoms with Gasteiger partial charge in [-0.2, -0.15) is 0 Å². The molecule has 146 valence electrons. The second kappa shape index (κ2) is 7.00. The van der Waals surface area contributed by atoms with Crippen LogP contribution in [0.5, 0.6) is 28.7 Å². The van der Waals surface area contributed by atoms with Crippen LogP contribution in [0.1, 0.15) is 44.9 Å². The molecule has 0 amide bonds. The molecule has 5 nitrogen and oxygen atoms in total. The van der Waals surface area contributed by atoms with E-state index in [0.717, 1.165) is 11.1 Å². The molecule has 5 heteroatoms. The summed E-state index contributed by atoms with van der Waals surface area (Å²) in [5.41, 5.74) is 4.77. The maximum Gasteiger partial charge on any atom is 0.200 e. The molecule has 0 aliphatic carbocycles. The molecule has 0 radical (unpaired) electrons. The Kier molecular flexibility index (Phi) is 4.86. The third kappa shape index (κ3) is 3.20. The summed E-state index contributed by atoms with van der Waals surface area (Å²) in [6.07, 6.45) is 0. The van der Waals surface area contributed by atoms with Gasteiger partial charge in [-0.1, -0.05) is 30.3 Å². The molecule has 0 aliphatic rings. The zero-order valence-electron chi connectivity index (χ0n) is 16.3. The van der Waals surface area contributed by atoms with E-state index in [-0.39, 0.29) is 11.5 Å². The Hall–Kier alpha value is -3.34. The van der Waals surface area contributed by atoms with Crippen LogP contribution in [0.15, 0.2) is 36.4 Å². The first-order valence-corrected chi connectivity index (χ1v) is 8.95. The van der Waals surface area contributed by atoms with E-state index in [1.807, 2.05) is 24.3 Å². The van der Waals surface area contributed by atoms with Crippen LogP contribution in [0.3, 0.4) is 0 Å². The fraction of sp³-hybridized carbons (Fsp3) is 0.217. The van der Waals surface area contributed by atoms with Crippen LogP contribution in [0.2, 0.25) is 0 Å². The summed E-state index contributed by atoms with van der Waals surface area (Å²) in [6, 6.07) is 10.2. The molecule has 3 aromatic rings. The zero-order chi connectivity index (χ0) is 20.7. The third-order valence-electron chi connectivity index (χ3n) is 5.17. The van der Waals surface area contributed by atoms with Crippen molar-refractivity contribution in [1.29, 1.82) is 0 Å². The maximum absolute atomic E-state index is 10.5. The van der Waals surface area contributed by atoms with Gasteiger partial charge in [-0.25, -0.2) is 0 Å². The van der Waals surface area contributed by atoms with Crippen molar-refractivity contribution in [2.45, 2.75) is 33.6 Å². The van der Waals surface area contributed by atoms with Crippen molar-refractivity contribution in [3.8, 4) is 28.7 Å². The Labute approximate surface area is 163 Å². The van der Waals surface area contributed by atoms with Gasteiger partial charge in [-0.05, 0) is 67.1 Å². The number of aryl methyl sites for hydroxylation is 4. The summed E-state index contributed by atoms with van der Waals surface area (Å²) in [6.45, 7) is 7.18. The van der Waals surface area contributed by atoms with E-state index in [4.69, 9.17) is 0 Å². The molecule has 0 saturated heterocycles. The number of hydrogen-bond donors (Lipinski definition) is 5. The Morgan fingerprint density at radius 3 is 1.32 bits per heavy atom. The highest BCUT2D eigenvalue weighted by molar-refractivity contribution is 5.60. The predicted molar refractivity (Wildman–Crippen MR) is 108 cm³/mol. The van der Waals surface area contributed by atoms with E-state index in [1.54, 1.807) is 33.8 Å². The normalized spacial score (nSPS) is 11.2. The standard InChI is InChI=1S/C23H24O5/c1-11-7-15(8-12(2)20(11)25)19(16-9-13(3)21(26)14(4)10-16)17-5-6-18(24)23(28)22(17)27/h5-10,19,24-28H,1-4H3. The van der Waals surface area contributed by atoms with E-state index in [2.05, 4.69) is 0 Å². The van der Waals surface area contributed by atoms with Crippen molar-refractivity contribution < 1.29 is 25.5 Å². The van der Waals surface area contributed by atoms with Crippen LogP contribution in [0.4, 0.5) is 0 Å². The van der Waals surface area contributed by atoms with Crippen molar-refractivity contribution in [1.82, 2.24) is 0 Å². The van der Waals surface area contributed by atoms with E-state index in [9.17, 15) is 25.5 Å². The molecule has 0 fully saturated rings. The van der Waals surface area contributed by atoms with E-state index < -0.39 is 23.2 Å². The summed E-state index contributed by atoms with van der Waals surface area (Å²) in [5.74, 6) is -1.46. The lowest BCUT2D eigenvalue weighted by Gasteiger charge is -2.23. The van der Waals surface area contributed by atoms with Crippen molar-refractivity contribution >= 4 is 0 Å². The number of phenols is 5. The van der Waals surface area contributed by atoms with Gasteiger partial charge in [-0.3, -0.25) is 0 Å². The fourth-order valence-electron chi connectivity index (χ4n) is 3.68. The lowest BCUT2D eigenvalue weighted by atomic mass is 9.82. The highest BCUT2D eigenvalue weighted by Crippen LogP contribution is 2.46. The molecule has 0 atom stereocenters. The second-order valence-electron chi connectivity index (χ2n) is 7.31. The fourth-order valence-corrected chi connectivity index (χ4v) is 3.68. The molecule has 0 aromatic heterocycles. The molecule has 0 spiro atoms.